The van der Waals surface area contributed by atoms with Crippen LogP contribution in [0.1, 0.15) is 55.4 Å². The Bertz CT molecular complexity index is 1110. The van der Waals surface area contributed by atoms with Gasteiger partial charge >= 0.3 is 0 Å². The maximum atomic E-state index is 13.8. The van der Waals surface area contributed by atoms with Gasteiger partial charge in [-0.05, 0) is 53.6 Å². The second-order valence-corrected chi connectivity index (χ2v) is 9.39. The van der Waals surface area contributed by atoms with Gasteiger partial charge in [0, 0.05) is 25.9 Å². The zero-order valence-corrected chi connectivity index (χ0v) is 22.4. The average molecular weight is 501 g/mol. The molecule has 3 aromatic carbocycles. The summed E-state index contributed by atoms with van der Waals surface area (Å²) in [6, 6.07) is 25.4. The van der Waals surface area contributed by atoms with Crippen molar-refractivity contribution < 1.29 is 14.3 Å². The van der Waals surface area contributed by atoms with E-state index in [1.54, 1.807) is 12.0 Å². The normalized spacial score (nSPS) is 11.5. The number of carbonyl (C=O) groups excluding carboxylic acids is 2. The first-order valence-corrected chi connectivity index (χ1v) is 13.4. The van der Waals surface area contributed by atoms with Crippen LogP contribution in [0.15, 0.2) is 78.9 Å². The van der Waals surface area contributed by atoms with Crippen molar-refractivity contribution in [3.8, 4) is 5.75 Å². The van der Waals surface area contributed by atoms with E-state index in [1.165, 1.54) is 5.56 Å². The first kappa shape index (κ1) is 28.0. The van der Waals surface area contributed by atoms with Gasteiger partial charge in [0.25, 0.3) is 0 Å². The Hall–Kier alpha value is -3.60. The molecular formula is C32H40N2O3. The number of carbonyl (C=O) groups is 2. The van der Waals surface area contributed by atoms with E-state index in [-0.39, 0.29) is 11.8 Å². The Morgan fingerprint density at radius 3 is 2.24 bits per heavy atom. The van der Waals surface area contributed by atoms with E-state index < -0.39 is 6.04 Å². The van der Waals surface area contributed by atoms with E-state index in [9.17, 15) is 9.59 Å². The fourth-order valence-corrected chi connectivity index (χ4v) is 4.36. The molecule has 5 heteroatoms. The van der Waals surface area contributed by atoms with E-state index in [0.717, 1.165) is 41.7 Å². The zero-order chi connectivity index (χ0) is 26.5. The van der Waals surface area contributed by atoms with Gasteiger partial charge < -0.3 is 15.0 Å². The highest BCUT2D eigenvalue weighted by Crippen LogP contribution is 2.20. The minimum absolute atomic E-state index is 0.0334. The number of benzene rings is 3. The topological polar surface area (TPSA) is 58.6 Å². The first-order chi connectivity index (χ1) is 18.0. The second-order valence-electron chi connectivity index (χ2n) is 9.39. The predicted molar refractivity (Wildman–Crippen MR) is 150 cm³/mol. The van der Waals surface area contributed by atoms with Crippen LogP contribution in [-0.2, 0) is 35.4 Å². The Kier molecular flexibility index (Phi) is 11.2. The van der Waals surface area contributed by atoms with Crippen molar-refractivity contribution in [3.63, 3.8) is 0 Å². The minimum atomic E-state index is -0.611. The number of aryl methyl sites for hydroxylation is 2. The molecule has 0 aliphatic carbocycles. The molecular weight excluding hydrogens is 460 g/mol. The first-order valence-electron chi connectivity index (χ1n) is 13.4. The van der Waals surface area contributed by atoms with Crippen LogP contribution in [0.2, 0.25) is 0 Å². The van der Waals surface area contributed by atoms with Gasteiger partial charge in [0.05, 0.1) is 7.11 Å². The highest BCUT2D eigenvalue weighted by Gasteiger charge is 2.30. The highest BCUT2D eigenvalue weighted by atomic mass is 16.5. The number of nitrogens with zero attached hydrogens (tertiary/aromatic N) is 1. The molecule has 1 N–H and O–H groups in total. The number of methoxy groups -OCH3 is 1. The molecule has 2 amide bonds. The monoisotopic (exact) mass is 500 g/mol. The smallest absolute Gasteiger partial charge is 0.243 e. The van der Waals surface area contributed by atoms with E-state index in [1.807, 2.05) is 54.6 Å². The molecule has 196 valence electrons. The third-order valence-electron chi connectivity index (χ3n) is 6.65. The third kappa shape index (κ3) is 8.78. The van der Waals surface area contributed by atoms with E-state index >= 15 is 0 Å². The molecule has 0 aliphatic heterocycles. The standard InChI is InChI=1S/C32H40N2O3/c1-4-6-21-33-32(36)30(23-27-11-8-7-9-12-27)34(24-28-13-10-14-29(22-28)37-3)31(35)20-19-26-17-15-25(5-2)16-18-26/h7-18,22,30H,4-6,19-21,23-24H2,1-3H3,(H,33,36)/t30-/m0/s1. The molecule has 0 saturated carbocycles. The lowest BCUT2D eigenvalue weighted by Gasteiger charge is -2.32. The van der Waals surface area contributed by atoms with Crippen molar-refractivity contribution in [1.82, 2.24) is 10.2 Å². The van der Waals surface area contributed by atoms with Crippen LogP contribution >= 0.6 is 0 Å². The van der Waals surface area contributed by atoms with Gasteiger partial charge in [-0.3, -0.25) is 9.59 Å². The van der Waals surface area contributed by atoms with Crippen molar-refractivity contribution in [2.24, 2.45) is 0 Å². The lowest BCUT2D eigenvalue weighted by Crippen LogP contribution is -2.50. The van der Waals surface area contributed by atoms with Crippen LogP contribution in [0.4, 0.5) is 0 Å². The van der Waals surface area contributed by atoms with E-state index in [2.05, 4.69) is 43.4 Å². The Labute approximate surface area is 221 Å². The molecule has 0 fully saturated rings. The van der Waals surface area contributed by atoms with Crippen LogP contribution in [0.5, 0.6) is 5.75 Å². The van der Waals surface area contributed by atoms with Crippen LogP contribution in [0.25, 0.3) is 0 Å². The molecule has 0 bridgehead atoms. The number of hydrogen-bond acceptors (Lipinski definition) is 3. The molecule has 0 heterocycles. The maximum Gasteiger partial charge on any atom is 0.243 e. The number of hydrogen-bond donors (Lipinski definition) is 1. The summed E-state index contributed by atoms with van der Waals surface area (Å²) in [6.07, 6.45) is 4.31. The quantitative estimate of drug-likeness (QED) is 0.287. The molecule has 5 nitrogen and oxygen atoms in total. The van der Waals surface area contributed by atoms with Crippen LogP contribution < -0.4 is 10.1 Å². The SMILES string of the molecule is CCCCNC(=O)[C@H](Cc1ccccc1)N(Cc1cccc(OC)c1)C(=O)CCc1ccc(CC)cc1. The summed E-state index contributed by atoms with van der Waals surface area (Å²) >= 11 is 0. The van der Waals surface area contributed by atoms with Gasteiger partial charge in [-0.2, -0.15) is 0 Å². The molecule has 37 heavy (non-hydrogen) atoms. The Balaban J connectivity index is 1.88. The molecule has 0 unspecified atom stereocenters. The second kappa shape index (κ2) is 14.8. The summed E-state index contributed by atoms with van der Waals surface area (Å²) in [4.78, 5) is 29.0. The molecule has 1 atom stereocenters. The molecule has 0 radical (unpaired) electrons. The van der Waals surface area contributed by atoms with Crippen molar-refractivity contribution >= 4 is 11.8 Å². The molecule has 0 aliphatic rings. The average Bonchev–Trinajstić information content (AvgIpc) is 2.94. The lowest BCUT2D eigenvalue weighted by atomic mass is 10.0. The maximum absolute atomic E-state index is 13.8. The summed E-state index contributed by atoms with van der Waals surface area (Å²) in [7, 11) is 1.63. The molecule has 0 spiro atoms. The van der Waals surface area contributed by atoms with Gasteiger partial charge in [-0.25, -0.2) is 0 Å². The van der Waals surface area contributed by atoms with Gasteiger partial charge in [0.1, 0.15) is 11.8 Å². The third-order valence-corrected chi connectivity index (χ3v) is 6.65. The summed E-state index contributed by atoms with van der Waals surface area (Å²) < 4.78 is 5.41. The van der Waals surface area contributed by atoms with Crippen molar-refractivity contribution in [3.05, 3.63) is 101 Å². The number of nitrogens with one attached hydrogen (secondary N) is 1. The lowest BCUT2D eigenvalue weighted by molar-refractivity contribution is -0.141. The van der Waals surface area contributed by atoms with Crippen molar-refractivity contribution in [2.75, 3.05) is 13.7 Å². The summed E-state index contributed by atoms with van der Waals surface area (Å²) in [5.41, 5.74) is 4.36. The van der Waals surface area contributed by atoms with Gasteiger partial charge in [0.15, 0.2) is 0 Å². The van der Waals surface area contributed by atoms with Crippen LogP contribution in [-0.4, -0.2) is 36.4 Å². The van der Waals surface area contributed by atoms with Gasteiger partial charge in [0.2, 0.25) is 11.8 Å². The van der Waals surface area contributed by atoms with E-state index in [0.29, 0.717) is 32.4 Å². The minimum Gasteiger partial charge on any atom is -0.497 e. The summed E-state index contributed by atoms with van der Waals surface area (Å²) in [5, 5.41) is 3.08. The van der Waals surface area contributed by atoms with Gasteiger partial charge in [-0.1, -0.05) is 87.0 Å². The highest BCUT2D eigenvalue weighted by molar-refractivity contribution is 5.88. The summed E-state index contributed by atoms with van der Waals surface area (Å²) in [6.45, 7) is 5.17. The Morgan fingerprint density at radius 2 is 1.57 bits per heavy atom. The largest absolute Gasteiger partial charge is 0.497 e. The molecule has 3 rings (SSSR count). The number of unbranched alkanes of at least 4 members (excludes halogenated alkanes) is 1. The zero-order valence-electron chi connectivity index (χ0n) is 22.4. The van der Waals surface area contributed by atoms with Crippen LogP contribution in [0, 0.1) is 0 Å². The Morgan fingerprint density at radius 1 is 0.865 bits per heavy atom. The molecule has 0 aromatic heterocycles. The van der Waals surface area contributed by atoms with Crippen LogP contribution in [0.3, 0.4) is 0 Å². The predicted octanol–water partition coefficient (Wildman–Crippen LogP) is 5.75. The van der Waals surface area contributed by atoms with Gasteiger partial charge in [-0.15, -0.1) is 0 Å². The van der Waals surface area contributed by atoms with E-state index in [4.69, 9.17) is 4.74 Å². The summed E-state index contributed by atoms with van der Waals surface area (Å²) in [5.74, 6) is 0.586. The van der Waals surface area contributed by atoms with Crippen molar-refractivity contribution in [1.29, 1.82) is 0 Å². The van der Waals surface area contributed by atoms with Crippen molar-refractivity contribution in [2.45, 2.75) is 65.0 Å². The molecule has 3 aromatic rings. The fourth-order valence-electron chi connectivity index (χ4n) is 4.36. The number of rotatable bonds is 14. The number of amides is 2. The molecule has 0 saturated heterocycles. The number of ether oxygens (including phenoxy) is 1. The fraction of sp³-hybridized carbons (Fsp3) is 0.375.